The van der Waals surface area contributed by atoms with Gasteiger partial charge in [-0.1, -0.05) is 48.0 Å². The second kappa shape index (κ2) is 7.52. The lowest BCUT2D eigenvalue weighted by molar-refractivity contribution is -0.135. The van der Waals surface area contributed by atoms with Gasteiger partial charge in [-0.05, 0) is 55.0 Å². The van der Waals surface area contributed by atoms with E-state index in [0.29, 0.717) is 10.6 Å². The first-order valence-corrected chi connectivity index (χ1v) is 10.0. The Bertz CT molecular complexity index is 976. The number of aryl methyl sites for hydroxylation is 1. The average Bonchev–Trinajstić information content (AvgIpc) is 2.92. The van der Waals surface area contributed by atoms with Gasteiger partial charge >= 0.3 is 6.03 Å². The Balaban J connectivity index is 1.47. The molecule has 6 nitrogen and oxygen atoms in total. The highest BCUT2D eigenvalue weighted by atomic mass is 35.5. The molecule has 0 radical (unpaired) electrons. The monoisotopic (exact) mass is 411 g/mol. The number of hydrogen-bond donors (Lipinski definition) is 2. The van der Waals surface area contributed by atoms with Crippen molar-refractivity contribution in [3.63, 3.8) is 0 Å². The number of fused-ring (bicyclic) bond motifs is 1. The smallest absolute Gasteiger partial charge is 0.325 e. The summed E-state index contributed by atoms with van der Waals surface area (Å²) in [5.41, 5.74) is 1.73. The summed E-state index contributed by atoms with van der Waals surface area (Å²) in [7, 11) is 0. The normalized spacial score (nSPS) is 23.5. The topological polar surface area (TPSA) is 78.5 Å². The Labute approximate surface area is 174 Å². The number of nitrogens with one attached hydrogen (secondary N) is 2. The van der Waals surface area contributed by atoms with E-state index in [4.69, 9.17) is 11.6 Å². The Morgan fingerprint density at radius 1 is 1.21 bits per heavy atom. The molecule has 0 bridgehead atoms. The van der Waals surface area contributed by atoms with Crippen LogP contribution in [0.2, 0.25) is 5.02 Å². The van der Waals surface area contributed by atoms with Gasteiger partial charge in [0.1, 0.15) is 12.1 Å². The minimum absolute atomic E-state index is 0.101. The van der Waals surface area contributed by atoms with E-state index in [-0.39, 0.29) is 18.5 Å². The van der Waals surface area contributed by atoms with Gasteiger partial charge in [0.05, 0.1) is 6.04 Å². The van der Waals surface area contributed by atoms with Gasteiger partial charge in [-0.15, -0.1) is 0 Å². The van der Waals surface area contributed by atoms with Crippen molar-refractivity contribution in [2.45, 2.75) is 37.8 Å². The Hall–Kier alpha value is -2.86. The molecule has 1 heterocycles. The highest BCUT2D eigenvalue weighted by Gasteiger charge is 2.49. The quantitative estimate of drug-likeness (QED) is 0.757. The van der Waals surface area contributed by atoms with Crippen molar-refractivity contribution in [2.75, 3.05) is 6.54 Å². The van der Waals surface area contributed by atoms with Crippen LogP contribution in [0, 0.1) is 0 Å². The number of halogens is 1. The predicted octanol–water partition coefficient (Wildman–Crippen LogP) is 3.30. The molecule has 2 atom stereocenters. The molecule has 7 heteroatoms. The number of urea groups is 1. The number of nitrogens with zero attached hydrogens (tertiary/aromatic N) is 1. The molecule has 2 aliphatic rings. The van der Waals surface area contributed by atoms with Crippen molar-refractivity contribution in [3.05, 3.63) is 70.2 Å². The first-order valence-electron chi connectivity index (χ1n) is 9.66. The third kappa shape index (κ3) is 3.60. The Morgan fingerprint density at radius 2 is 1.93 bits per heavy atom. The van der Waals surface area contributed by atoms with Crippen molar-refractivity contribution in [2.24, 2.45) is 0 Å². The highest BCUT2D eigenvalue weighted by molar-refractivity contribution is 6.30. The van der Waals surface area contributed by atoms with Gasteiger partial charge in [0, 0.05) is 5.02 Å². The fraction of sp³-hybridized carbons (Fsp3) is 0.318. The lowest BCUT2D eigenvalue weighted by atomic mass is 9.88. The van der Waals surface area contributed by atoms with Crippen molar-refractivity contribution in [3.8, 4) is 0 Å². The molecule has 2 aromatic rings. The lowest BCUT2D eigenvalue weighted by Gasteiger charge is -2.27. The van der Waals surface area contributed by atoms with Crippen LogP contribution in [0.1, 0.15) is 42.5 Å². The number of carbonyl (C=O) groups excluding carboxylic acids is 3. The maximum atomic E-state index is 13.0. The summed E-state index contributed by atoms with van der Waals surface area (Å²) in [5, 5.41) is 6.23. The van der Waals surface area contributed by atoms with Gasteiger partial charge in [-0.25, -0.2) is 4.79 Å². The molecule has 1 aliphatic carbocycles. The molecular formula is C22H22ClN3O3. The number of carbonyl (C=O) groups is 3. The third-order valence-electron chi connectivity index (χ3n) is 5.70. The van der Waals surface area contributed by atoms with Crippen molar-refractivity contribution < 1.29 is 14.4 Å². The number of benzene rings is 2. The molecule has 4 rings (SSSR count). The van der Waals surface area contributed by atoms with Crippen molar-refractivity contribution >= 4 is 29.4 Å². The molecule has 2 N–H and O–H groups in total. The van der Waals surface area contributed by atoms with Crippen molar-refractivity contribution in [1.29, 1.82) is 0 Å². The van der Waals surface area contributed by atoms with E-state index in [1.807, 2.05) is 18.2 Å². The molecule has 29 heavy (non-hydrogen) atoms. The summed E-state index contributed by atoms with van der Waals surface area (Å²) in [5.74, 6) is -0.806. The van der Waals surface area contributed by atoms with Crippen LogP contribution in [0.4, 0.5) is 4.79 Å². The fourth-order valence-electron chi connectivity index (χ4n) is 4.11. The zero-order chi connectivity index (χ0) is 20.6. The van der Waals surface area contributed by atoms with Crippen LogP contribution >= 0.6 is 11.6 Å². The first kappa shape index (κ1) is 19.5. The molecule has 0 unspecified atom stereocenters. The maximum Gasteiger partial charge on any atom is 0.325 e. The summed E-state index contributed by atoms with van der Waals surface area (Å²) < 4.78 is 0. The molecule has 1 fully saturated rings. The first-order chi connectivity index (χ1) is 13.9. The molecule has 4 amide bonds. The SMILES string of the molecule is C[C@]1(c2ccc(Cl)cc2)NC(=O)N(CC(=O)N[C@@H]2CCCc3ccccc32)C1=O. The van der Waals surface area contributed by atoms with Gasteiger partial charge in [-0.3, -0.25) is 14.5 Å². The van der Waals surface area contributed by atoms with E-state index in [9.17, 15) is 14.4 Å². The number of imide groups is 1. The van der Waals surface area contributed by atoms with E-state index in [2.05, 4.69) is 16.7 Å². The van der Waals surface area contributed by atoms with Crippen LogP contribution in [0.25, 0.3) is 0 Å². The zero-order valence-corrected chi connectivity index (χ0v) is 16.8. The van der Waals surface area contributed by atoms with E-state index >= 15 is 0 Å². The van der Waals surface area contributed by atoms with Gasteiger partial charge in [0.2, 0.25) is 5.91 Å². The molecule has 1 saturated heterocycles. The summed E-state index contributed by atoms with van der Waals surface area (Å²) >= 11 is 5.92. The Morgan fingerprint density at radius 3 is 2.69 bits per heavy atom. The fourth-order valence-corrected chi connectivity index (χ4v) is 4.23. The lowest BCUT2D eigenvalue weighted by Crippen LogP contribution is -2.44. The summed E-state index contributed by atoms with van der Waals surface area (Å²) in [4.78, 5) is 39.1. The molecular weight excluding hydrogens is 390 g/mol. The van der Waals surface area contributed by atoms with Crippen LogP contribution < -0.4 is 10.6 Å². The number of amides is 4. The predicted molar refractivity (Wildman–Crippen MR) is 109 cm³/mol. The summed E-state index contributed by atoms with van der Waals surface area (Å²) in [6.07, 6.45) is 2.82. The summed E-state index contributed by atoms with van der Waals surface area (Å²) in [6.45, 7) is 1.32. The maximum absolute atomic E-state index is 13.0. The van der Waals surface area contributed by atoms with Gasteiger partial charge < -0.3 is 10.6 Å². The third-order valence-corrected chi connectivity index (χ3v) is 5.95. The zero-order valence-electron chi connectivity index (χ0n) is 16.1. The van der Waals surface area contributed by atoms with Crippen LogP contribution in [0.3, 0.4) is 0 Å². The molecule has 0 aromatic heterocycles. The minimum Gasteiger partial charge on any atom is -0.348 e. The minimum atomic E-state index is -1.22. The Kier molecular flexibility index (Phi) is 5.04. The standard InChI is InChI=1S/C22H22ClN3O3/c1-22(15-9-11-16(23)12-10-15)20(28)26(21(29)25-22)13-19(27)24-18-8-4-6-14-5-2-3-7-17(14)18/h2-3,5,7,9-12,18H,4,6,8,13H2,1H3,(H,24,27)(H,25,29)/t18-,22-/m1/s1. The highest BCUT2D eigenvalue weighted by Crippen LogP contribution is 2.31. The van der Waals surface area contributed by atoms with Crippen LogP contribution in [-0.4, -0.2) is 29.3 Å². The largest absolute Gasteiger partial charge is 0.348 e. The molecule has 150 valence electrons. The second-order valence-electron chi connectivity index (χ2n) is 7.66. The van der Waals surface area contributed by atoms with Crippen LogP contribution in [0.5, 0.6) is 0 Å². The van der Waals surface area contributed by atoms with Crippen molar-refractivity contribution in [1.82, 2.24) is 15.5 Å². The van der Waals surface area contributed by atoms with E-state index in [1.165, 1.54) is 5.56 Å². The van der Waals surface area contributed by atoms with E-state index < -0.39 is 17.5 Å². The van der Waals surface area contributed by atoms with E-state index in [0.717, 1.165) is 29.7 Å². The molecule has 0 spiro atoms. The summed E-state index contributed by atoms with van der Waals surface area (Å²) in [6, 6.07) is 14.1. The molecule has 2 aromatic carbocycles. The van der Waals surface area contributed by atoms with Gasteiger partial charge in [-0.2, -0.15) is 0 Å². The molecule has 1 aliphatic heterocycles. The van der Waals surface area contributed by atoms with Crippen LogP contribution in [0.15, 0.2) is 48.5 Å². The number of hydrogen-bond acceptors (Lipinski definition) is 3. The second-order valence-corrected chi connectivity index (χ2v) is 8.10. The van der Waals surface area contributed by atoms with E-state index in [1.54, 1.807) is 31.2 Å². The average molecular weight is 412 g/mol. The van der Waals surface area contributed by atoms with Gasteiger partial charge in [0.25, 0.3) is 5.91 Å². The van der Waals surface area contributed by atoms with Gasteiger partial charge in [0.15, 0.2) is 0 Å². The van der Waals surface area contributed by atoms with Crippen LogP contribution in [-0.2, 0) is 21.5 Å². The number of rotatable bonds is 4. The molecule has 0 saturated carbocycles.